The number of anilines is 1. The van der Waals surface area contributed by atoms with E-state index in [1.54, 1.807) is 12.1 Å². The van der Waals surface area contributed by atoms with Gasteiger partial charge in [-0.2, -0.15) is 0 Å². The van der Waals surface area contributed by atoms with Crippen molar-refractivity contribution < 1.29 is 9.53 Å². The Balaban J connectivity index is 2.42. The highest BCUT2D eigenvalue weighted by molar-refractivity contribution is 6.33. The van der Waals surface area contributed by atoms with Crippen LogP contribution in [0.3, 0.4) is 0 Å². The van der Waals surface area contributed by atoms with Crippen LogP contribution in [0.4, 0.5) is 10.5 Å². The molecule has 0 spiro atoms. The van der Waals surface area contributed by atoms with Gasteiger partial charge < -0.3 is 15.8 Å². The van der Waals surface area contributed by atoms with Crippen LogP contribution in [0, 0.1) is 0 Å². The van der Waals surface area contributed by atoms with Gasteiger partial charge in [-0.3, -0.25) is 0 Å². The topological polar surface area (TPSA) is 64.3 Å². The van der Waals surface area contributed by atoms with E-state index in [2.05, 4.69) is 5.32 Å². The van der Waals surface area contributed by atoms with Crippen LogP contribution in [0.5, 0.6) is 0 Å². The maximum atomic E-state index is 11.4. The van der Waals surface area contributed by atoms with Crippen LogP contribution in [-0.4, -0.2) is 18.2 Å². The molecule has 1 aromatic carbocycles. The van der Waals surface area contributed by atoms with Crippen LogP contribution in [0.25, 0.3) is 6.08 Å². The van der Waals surface area contributed by atoms with Gasteiger partial charge in [0.25, 0.3) is 0 Å². The number of nitrogen functional groups attached to an aromatic ring is 1. The molecule has 0 bridgehead atoms. The van der Waals surface area contributed by atoms with Crippen molar-refractivity contribution in [3.8, 4) is 0 Å². The monoisotopic (exact) mass is 282 g/mol. The van der Waals surface area contributed by atoms with E-state index in [-0.39, 0.29) is 0 Å². The highest BCUT2D eigenvalue weighted by Crippen LogP contribution is 2.19. The first-order valence-electron chi connectivity index (χ1n) is 5.96. The van der Waals surface area contributed by atoms with Gasteiger partial charge in [0.05, 0.1) is 10.7 Å². The lowest BCUT2D eigenvalue weighted by Gasteiger charge is -2.19. The normalized spacial score (nSPS) is 11.6. The summed E-state index contributed by atoms with van der Waals surface area (Å²) >= 11 is 5.82. The van der Waals surface area contributed by atoms with E-state index >= 15 is 0 Å². The lowest BCUT2D eigenvalue weighted by Crippen LogP contribution is -2.32. The number of nitrogens with one attached hydrogen (secondary N) is 1. The van der Waals surface area contributed by atoms with E-state index in [4.69, 9.17) is 22.1 Å². The molecule has 1 rings (SSSR count). The summed E-state index contributed by atoms with van der Waals surface area (Å²) in [5, 5.41) is 3.16. The number of hydrogen-bond acceptors (Lipinski definition) is 3. The lowest BCUT2D eigenvalue weighted by atomic mass is 10.2. The van der Waals surface area contributed by atoms with E-state index in [1.165, 1.54) is 0 Å². The summed E-state index contributed by atoms with van der Waals surface area (Å²) in [6.45, 7) is 5.84. The fourth-order valence-electron chi connectivity index (χ4n) is 1.32. The zero-order chi connectivity index (χ0) is 14.5. The van der Waals surface area contributed by atoms with Crippen molar-refractivity contribution in [2.24, 2.45) is 0 Å². The molecule has 0 radical (unpaired) electrons. The van der Waals surface area contributed by atoms with Gasteiger partial charge >= 0.3 is 6.09 Å². The first-order chi connectivity index (χ1) is 8.78. The van der Waals surface area contributed by atoms with Crippen molar-refractivity contribution in [3.63, 3.8) is 0 Å². The second kappa shape index (κ2) is 6.48. The van der Waals surface area contributed by atoms with Gasteiger partial charge in [0.15, 0.2) is 0 Å². The minimum Gasteiger partial charge on any atom is -0.444 e. The van der Waals surface area contributed by atoms with Gasteiger partial charge in [-0.15, -0.1) is 0 Å². The molecule has 4 nitrogen and oxygen atoms in total. The van der Waals surface area contributed by atoms with Gasteiger partial charge in [0.1, 0.15) is 5.60 Å². The van der Waals surface area contributed by atoms with Crippen LogP contribution in [0.15, 0.2) is 24.3 Å². The Morgan fingerprint density at radius 1 is 1.47 bits per heavy atom. The van der Waals surface area contributed by atoms with Crippen molar-refractivity contribution in [1.82, 2.24) is 5.32 Å². The molecule has 0 fully saturated rings. The van der Waals surface area contributed by atoms with E-state index in [9.17, 15) is 4.79 Å². The second-order valence-corrected chi connectivity index (χ2v) is 5.47. The largest absolute Gasteiger partial charge is 0.444 e. The maximum Gasteiger partial charge on any atom is 0.407 e. The average Bonchev–Trinajstić information content (AvgIpc) is 2.27. The summed E-state index contributed by atoms with van der Waals surface area (Å²) in [7, 11) is 0. The van der Waals surface area contributed by atoms with Gasteiger partial charge in [-0.1, -0.05) is 29.8 Å². The fraction of sp³-hybridized carbons (Fsp3) is 0.357. The number of hydrogen-bond donors (Lipinski definition) is 2. The Bertz CT molecular complexity index is 479. The lowest BCUT2D eigenvalue weighted by molar-refractivity contribution is 0.0534. The summed E-state index contributed by atoms with van der Waals surface area (Å²) in [6, 6.07) is 5.35. The molecule has 1 aromatic rings. The number of carbonyl (C=O) groups is 1. The number of ether oxygens (including phenoxy) is 1. The first-order valence-corrected chi connectivity index (χ1v) is 6.34. The third-order valence-electron chi connectivity index (χ3n) is 2.09. The molecule has 0 saturated carbocycles. The summed E-state index contributed by atoms with van der Waals surface area (Å²) in [6.07, 6.45) is 3.23. The summed E-state index contributed by atoms with van der Waals surface area (Å²) in [5.74, 6) is 0. The van der Waals surface area contributed by atoms with Crippen molar-refractivity contribution in [2.45, 2.75) is 26.4 Å². The Hall–Kier alpha value is -1.68. The van der Waals surface area contributed by atoms with Crippen molar-refractivity contribution in [3.05, 3.63) is 34.9 Å². The fourth-order valence-corrected chi connectivity index (χ4v) is 1.43. The minimum atomic E-state index is -0.488. The minimum absolute atomic E-state index is 0.386. The van der Waals surface area contributed by atoms with Crippen molar-refractivity contribution >= 4 is 29.5 Å². The third-order valence-corrected chi connectivity index (χ3v) is 2.44. The predicted octanol–water partition coefficient (Wildman–Crippen LogP) is 3.46. The molecule has 3 N–H and O–H groups in total. The van der Waals surface area contributed by atoms with Gasteiger partial charge in [-0.25, -0.2) is 4.79 Å². The standard InChI is InChI=1S/C14H19ClN2O2/c1-14(2,3)19-13(18)17-8-4-5-10-6-7-11(15)12(16)9-10/h4-7,9H,8,16H2,1-3H3,(H,17,18). The number of alkyl carbamates (subject to hydrolysis) is 1. The first kappa shape index (κ1) is 15.4. The molecule has 104 valence electrons. The van der Waals surface area contributed by atoms with Crippen LogP contribution in [0.1, 0.15) is 26.3 Å². The van der Waals surface area contributed by atoms with E-state index in [0.29, 0.717) is 17.3 Å². The number of carbonyl (C=O) groups excluding carboxylic acids is 1. The number of amides is 1. The third kappa shape index (κ3) is 6.15. The van der Waals surface area contributed by atoms with E-state index < -0.39 is 11.7 Å². The van der Waals surface area contributed by atoms with Crippen LogP contribution in [-0.2, 0) is 4.74 Å². The van der Waals surface area contributed by atoms with Crippen LogP contribution >= 0.6 is 11.6 Å². The van der Waals surface area contributed by atoms with E-state index in [1.807, 2.05) is 39.0 Å². The van der Waals surface area contributed by atoms with Gasteiger partial charge in [0, 0.05) is 6.54 Å². The SMILES string of the molecule is CC(C)(C)OC(=O)NCC=Cc1ccc(Cl)c(N)c1. The quantitative estimate of drug-likeness (QED) is 0.835. The van der Waals surface area contributed by atoms with Crippen LogP contribution < -0.4 is 11.1 Å². The predicted molar refractivity (Wildman–Crippen MR) is 79.1 cm³/mol. The summed E-state index contributed by atoms with van der Waals surface area (Å²) in [5.41, 5.74) is 6.65. The van der Waals surface area contributed by atoms with Gasteiger partial charge in [0.2, 0.25) is 0 Å². The summed E-state index contributed by atoms with van der Waals surface area (Å²) in [4.78, 5) is 11.4. The molecule has 0 saturated heterocycles. The smallest absolute Gasteiger partial charge is 0.407 e. The second-order valence-electron chi connectivity index (χ2n) is 5.07. The highest BCUT2D eigenvalue weighted by atomic mass is 35.5. The molecule has 0 aromatic heterocycles. The number of halogens is 1. The zero-order valence-electron chi connectivity index (χ0n) is 11.4. The Kier molecular flexibility index (Phi) is 5.24. The molecule has 0 aliphatic heterocycles. The molecule has 19 heavy (non-hydrogen) atoms. The number of nitrogens with two attached hydrogens (primary N) is 1. The number of rotatable bonds is 3. The zero-order valence-corrected chi connectivity index (χ0v) is 12.1. The van der Waals surface area contributed by atoms with Crippen molar-refractivity contribution in [1.29, 1.82) is 0 Å². The molecule has 0 aliphatic rings. The summed E-state index contributed by atoms with van der Waals surface area (Å²) < 4.78 is 5.10. The Morgan fingerprint density at radius 3 is 2.74 bits per heavy atom. The average molecular weight is 283 g/mol. The Labute approximate surface area is 118 Å². The molecule has 1 amide bonds. The molecule has 5 heteroatoms. The van der Waals surface area contributed by atoms with E-state index in [0.717, 1.165) is 5.56 Å². The Morgan fingerprint density at radius 2 is 2.16 bits per heavy atom. The van der Waals surface area contributed by atoms with Crippen LogP contribution in [0.2, 0.25) is 5.02 Å². The van der Waals surface area contributed by atoms with Crippen molar-refractivity contribution in [2.75, 3.05) is 12.3 Å². The molecule has 0 heterocycles. The van der Waals surface area contributed by atoms with Gasteiger partial charge in [-0.05, 0) is 38.5 Å². The molecule has 0 unspecified atom stereocenters. The highest BCUT2D eigenvalue weighted by Gasteiger charge is 2.14. The molecule has 0 atom stereocenters. The molecular formula is C14H19ClN2O2. The number of benzene rings is 1. The molecular weight excluding hydrogens is 264 g/mol. The molecule has 0 aliphatic carbocycles. The maximum absolute atomic E-state index is 11.4.